The standard InChI is InChI=1S/C22H20N4O4/c1-3-26-18-12-17(20(27)28)24-19(16(18)13-23-26)15-6-4-5-14(11-15)7-8-22(30)9-10-25(2)21(22)29/h4-6,11-13,30H,3,9-10H2,1-2H3,(H,27,28)/t22-/m0/s1. The molecule has 1 atom stereocenters. The molecule has 1 amide bonds. The Kier molecular flexibility index (Phi) is 4.76. The molecule has 8 nitrogen and oxygen atoms in total. The summed E-state index contributed by atoms with van der Waals surface area (Å²) in [5.74, 6) is 4.05. The third-order valence-electron chi connectivity index (χ3n) is 5.22. The molecule has 30 heavy (non-hydrogen) atoms. The summed E-state index contributed by atoms with van der Waals surface area (Å²) in [5.41, 5.74) is 0.683. The highest BCUT2D eigenvalue weighted by Crippen LogP contribution is 2.28. The van der Waals surface area contributed by atoms with Gasteiger partial charge in [-0.2, -0.15) is 5.10 Å². The lowest BCUT2D eigenvalue weighted by Crippen LogP contribution is -2.37. The largest absolute Gasteiger partial charge is 0.477 e. The van der Waals surface area contributed by atoms with E-state index in [4.69, 9.17) is 0 Å². The summed E-state index contributed by atoms with van der Waals surface area (Å²) >= 11 is 0. The van der Waals surface area contributed by atoms with Crippen molar-refractivity contribution in [3.05, 3.63) is 47.8 Å². The summed E-state index contributed by atoms with van der Waals surface area (Å²) in [7, 11) is 1.63. The average molecular weight is 404 g/mol. The second kappa shape index (κ2) is 7.28. The molecule has 1 aromatic carbocycles. The third-order valence-corrected chi connectivity index (χ3v) is 5.22. The number of amides is 1. The van der Waals surface area contributed by atoms with Crippen molar-refractivity contribution in [2.75, 3.05) is 13.6 Å². The number of nitrogens with zero attached hydrogens (tertiary/aromatic N) is 4. The summed E-state index contributed by atoms with van der Waals surface area (Å²) < 4.78 is 1.72. The first kappa shape index (κ1) is 19.6. The summed E-state index contributed by atoms with van der Waals surface area (Å²) in [4.78, 5) is 29.5. The normalized spacial score (nSPS) is 18.5. The topological polar surface area (TPSA) is 109 Å². The lowest BCUT2D eigenvalue weighted by atomic mass is 10.0. The van der Waals surface area contributed by atoms with Gasteiger partial charge in [0.05, 0.1) is 17.4 Å². The van der Waals surface area contributed by atoms with E-state index in [-0.39, 0.29) is 12.1 Å². The molecule has 0 unspecified atom stereocenters. The van der Waals surface area contributed by atoms with Crippen LogP contribution in [0.5, 0.6) is 0 Å². The molecule has 152 valence electrons. The Balaban J connectivity index is 1.79. The number of carbonyl (C=O) groups is 2. The highest BCUT2D eigenvalue weighted by atomic mass is 16.4. The van der Waals surface area contributed by atoms with Crippen LogP contribution in [0, 0.1) is 11.8 Å². The van der Waals surface area contributed by atoms with Crippen LogP contribution in [-0.4, -0.2) is 60.9 Å². The lowest BCUT2D eigenvalue weighted by molar-refractivity contribution is -0.137. The quantitative estimate of drug-likeness (QED) is 0.644. The summed E-state index contributed by atoms with van der Waals surface area (Å²) in [6.45, 7) is 2.98. The Bertz CT molecular complexity index is 1240. The Morgan fingerprint density at radius 2 is 2.13 bits per heavy atom. The highest BCUT2D eigenvalue weighted by Gasteiger charge is 2.42. The summed E-state index contributed by atoms with van der Waals surface area (Å²) in [6.07, 6.45) is 1.93. The van der Waals surface area contributed by atoms with Crippen LogP contribution in [0.15, 0.2) is 36.5 Å². The average Bonchev–Trinajstić information content (AvgIpc) is 3.28. The van der Waals surface area contributed by atoms with Gasteiger partial charge < -0.3 is 15.1 Å². The van der Waals surface area contributed by atoms with Crippen molar-refractivity contribution in [2.24, 2.45) is 0 Å². The number of pyridine rings is 1. The summed E-state index contributed by atoms with van der Waals surface area (Å²) in [6, 6.07) is 8.62. The number of aromatic carboxylic acids is 1. The van der Waals surface area contributed by atoms with Gasteiger partial charge in [0.25, 0.3) is 5.91 Å². The van der Waals surface area contributed by atoms with Gasteiger partial charge in [-0.15, -0.1) is 0 Å². The van der Waals surface area contributed by atoms with Crippen LogP contribution < -0.4 is 0 Å². The fraction of sp³-hybridized carbons (Fsp3) is 0.273. The zero-order valence-electron chi connectivity index (χ0n) is 16.6. The number of carboxylic acids is 1. The Hall–Kier alpha value is -3.70. The van der Waals surface area contributed by atoms with Crippen LogP contribution in [-0.2, 0) is 11.3 Å². The van der Waals surface area contributed by atoms with Crippen molar-refractivity contribution in [2.45, 2.75) is 25.5 Å². The number of fused-ring (bicyclic) bond motifs is 1. The monoisotopic (exact) mass is 404 g/mol. The molecular formula is C22H20N4O4. The molecule has 8 heteroatoms. The first-order valence-electron chi connectivity index (χ1n) is 9.54. The third kappa shape index (κ3) is 3.29. The first-order chi connectivity index (χ1) is 14.3. The summed E-state index contributed by atoms with van der Waals surface area (Å²) in [5, 5.41) is 25.0. The van der Waals surface area contributed by atoms with E-state index in [0.29, 0.717) is 35.4 Å². The number of carboxylic acid groups (broad SMARTS) is 1. The van der Waals surface area contributed by atoms with Gasteiger partial charge in [-0.1, -0.05) is 24.0 Å². The number of aliphatic hydroxyl groups is 1. The number of rotatable bonds is 3. The van der Waals surface area contributed by atoms with Crippen molar-refractivity contribution in [1.29, 1.82) is 0 Å². The Morgan fingerprint density at radius 3 is 2.80 bits per heavy atom. The molecule has 0 aliphatic carbocycles. The SMILES string of the molecule is CCn1ncc2c(-c3cccc(C#C[C@]4(O)CCN(C)C4=O)c3)nc(C(=O)O)cc21. The highest BCUT2D eigenvalue weighted by molar-refractivity contribution is 5.98. The van der Waals surface area contributed by atoms with Gasteiger partial charge in [0.2, 0.25) is 5.60 Å². The zero-order valence-corrected chi connectivity index (χ0v) is 16.6. The van der Waals surface area contributed by atoms with Crippen molar-refractivity contribution in [3.63, 3.8) is 0 Å². The van der Waals surface area contributed by atoms with Gasteiger partial charge in [-0.25, -0.2) is 9.78 Å². The molecule has 2 N–H and O–H groups in total. The predicted octanol–water partition coefficient (Wildman–Crippen LogP) is 1.76. The van der Waals surface area contributed by atoms with E-state index in [1.54, 1.807) is 36.1 Å². The molecule has 2 aromatic heterocycles. The number of likely N-dealkylation sites (tertiary alicyclic amines) is 1. The van der Waals surface area contributed by atoms with E-state index in [0.717, 1.165) is 5.39 Å². The van der Waals surface area contributed by atoms with Crippen LogP contribution in [0.3, 0.4) is 0 Å². The Morgan fingerprint density at radius 1 is 1.33 bits per heavy atom. The fourth-order valence-corrected chi connectivity index (χ4v) is 3.54. The molecule has 3 aromatic rings. The van der Waals surface area contributed by atoms with Crippen LogP contribution >= 0.6 is 0 Å². The number of hydrogen-bond donors (Lipinski definition) is 2. The van der Waals surface area contributed by atoms with E-state index in [9.17, 15) is 19.8 Å². The molecule has 0 saturated carbocycles. The van der Waals surface area contributed by atoms with Crippen molar-refractivity contribution in [3.8, 4) is 23.1 Å². The van der Waals surface area contributed by atoms with E-state index < -0.39 is 17.5 Å². The van der Waals surface area contributed by atoms with Gasteiger partial charge >= 0.3 is 5.97 Å². The van der Waals surface area contributed by atoms with E-state index in [1.165, 1.54) is 11.0 Å². The molecule has 1 aliphatic rings. The maximum Gasteiger partial charge on any atom is 0.354 e. The fourth-order valence-electron chi connectivity index (χ4n) is 3.54. The molecule has 1 fully saturated rings. The maximum atomic E-state index is 12.1. The van der Waals surface area contributed by atoms with Crippen molar-refractivity contribution >= 4 is 22.8 Å². The van der Waals surface area contributed by atoms with Crippen LogP contribution in [0.4, 0.5) is 0 Å². The number of aromatic nitrogens is 3. The second-order valence-electron chi connectivity index (χ2n) is 7.22. The molecule has 3 heterocycles. The minimum Gasteiger partial charge on any atom is -0.477 e. The smallest absolute Gasteiger partial charge is 0.354 e. The van der Waals surface area contributed by atoms with Crippen LogP contribution in [0.2, 0.25) is 0 Å². The van der Waals surface area contributed by atoms with Crippen LogP contribution in [0.1, 0.15) is 29.4 Å². The number of carbonyl (C=O) groups excluding carboxylic acids is 1. The molecule has 1 saturated heterocycles. The number of hydrogen-bond acceptors (Lipinski definition) is 5. The van der Waals surface area contributed by atoms with Gasteiger partial charge in [0.15, 0.2) is 5.69 Å². The van der Waals surface area contributed by atoms with Gasteiger partial charge in [-0.3, -0.25) is 9.48 Å². The minimum atomic E-state index is -1.68. The molecule has 4 rings (SSSR count). The molecule has 0 spiro atoms. The van der Waals surface area contributed by atoms with Crippen molar-refractivity contribution in [1.82, 2.24) is 19.7 Å². The number of likely N-dealkylation sites (N-methyl/N-ethyl adjacent to an activating group) is 1. The maximum absolute atomic E-state index is 12.1. The Labute approximate surface area is 172 Å². The van der Waals surface area contributed by atoms with E-state index in [1.807, 2.05) is 13.0 Å². The van der Waals surface area contributed by atoms with E-state index >= 15 is 0 Å². The zero-order chi connectivity index (χ0) is 21.5. The minimum absolute atomic E-state index is 0.0712. The first-order valence-corrected chi connectivity index (χ1v) is 9.54. The van der Waals surface area contributed by atoms with E-state index in [2.05, 4.69) is 21.9 Å². The van der Waals surface area contributed by atoms with Gasteiger partial charge in [0.1, 0.15) is 0 Å². The van der Waals surface area contributed by atoms with Gasteiger partial charge in [0, 0.05) is 43.1 Å². The molecular weight excluding hydrogens is 384 g/mol. The lowest BCUT2D eigenvalue weighted by Gasteiger charge is -2.13. The molecule has 1 aliphatic heterocycles. The van der Waals surface area contributed by atoms with Crippen LogP contribution in [0.25, 0.3) is 22.2 Å². The number of aryl methyl sites for hydroxylation is 1. The van der Waals surface area contributed by atoms with Crippen molar-refractivity contribution < 1.29 is 19.8 Å². The second-order valence-corrected chi connectivity index (χ2v) is 7.22. The molecule has 0 radical (unpaired) electrons. The number of benzene rings is 1. The molecule has 0 bridgehead atoms. The predicted molar refractivity (Wildman–Crippen MR) is 110 cm³/mol. The van der Waals surface area contributed by atoms with Gasteiger partial charge in [-0.05, 0) is 25.1 Å².